The van der Waals surface area contributed by atoms with E-state index in [4.69, 9.17) is 17.4 Å². The van der Waals surface area contributed by atoms with Gasteiger partial charge in [-0.15, -0.1) is 12.6 Å². The Hall–Kier alpha value is 1.22. The Balaban J connectivity index is 0. The van der Waals surface area contributed by atoms with Crippen LogP contribution in [0.3, 0.4) is 0 Å². The van der Waals surface area contributed by atoms with E-state index < -0.39 is 8.75 Å². The number of rotatable bonds is 70. The van der Waals surface area contributed by atoms with Crippen molar-refractivity contribution in [2.45, 2.75) is 452 Å². The SMILES string of the molecule is CCCCCCCCCCCCCCCOC(S)=S(CCCCCCCCCCCCCCC)(CCCCCCCCCCCCCCC)(CCCCCCCCCCCCCCC)CCCCCCCCCCCCCCC.[Mo]. The monoisotopic (exact) mass is 1250 g/mol. The van der Waals surface area contributed by atoms with E-state index in [1.165, 1.54) is 445 Å². The summed E-state index contributed by atoms with van der Waals surface area (Å²) >= 11 is 5.83. The second kappa shape index (κ2) is 69.3. The van der Waals surface area contributed by atoms with Crippen LogP contribution in [0.1, 0.15) is 452 Å². The minimum Gasteiger partial charge on any atom is -0.336 e. The standard InChI is InChI=1S/C76H156OS2.Mo/c1-6-11-16-21-26-31-36-41-46-51-56-61-66-71-77-76(78)79(72-67-62-57-52-47-42-37-32-27-22-17-12-7-2,73-68-63-58-53-48-43-38-33-28-23-18-13-8-3,74-69-64-59-54-49-44-39-34-29-24-19-14-9-4)75-70-65-60-55-50-45-40-35-30-25-20-15-10-5;/h78H,6-75H2,1-5H3;. The van der Waals surface area contributed by atoms with Gasteiger partial charge in [-0.1, -0.05) is 420 Å². The third-order valence-corrected chi connectivity index (χ3v) is 27.3. The zero-order valence-corrected chi connectivity index (χ0v) is 60.4. The predicted molar refractivity (Wildman–Crippen MR) is 375 cm³/mol. The van der Waals surface area contributed by atoms with Crippen molar-refractivity contribution in [3.8, 4) is 0 Å². The smallest absolute Gasteiger partial charge is 0.116 e. The first kappa shape index (κ1) is 83.3. The van der Waals surface area contributed by atoms with Crippen LogP contribution in [0, 0.1) is 0 Å². The van der Waals surface area contributed by atoms with Gasteiger partial charge in [0, 0.05) is 21.1 Å². The third kappa shape index (κ3) is 55.8. The number of hydrogen-bond acceptors (Lipinski definition) is 1. The van der Waals surface area contributed by atoms with Crippen LogP contribution in [0.15, 0.2) is 0 Å². The van der Waals surface area contributed by atoms with Gasteiger partial charge >= 0.3 is 0 Å². The second-order valence-electron chi connectivity index (χ2n) is 26.9. The predicted octanol–water partition coefficient (Wildman–Crippen LogP) is 28.8. The Morgan fingerprint density at radius 1 is 0.200 bits per heavy atom. The van der Waals surface area contributed by atoms with Crippen LogP contribution in [0.4, 0.5) is 0 Å². The molecule has 0 rings (SSSR count). The Morgan fingerprint density at radius 3 is 0.475 bits per heavy atom. The molecule has 0 aromatic heterocycles. The molecule has 0 saturated carbocycles. The van der Waals surface area contributed by atoms with Gasteiger partial charge in [0.15, 0.2) is 0 Å². The van der Waals surface area contributed by atoms with Gasteiger partial charge in [-0.25, -0.2) is 8.75 Å². The molecule has 0 fully saturated rings. The quantitative estimate of drug-likeness (QED) is 0.0276. The van der Waals surface area contributed by atoms with Crippen molar-refractivity contribution in [1.29, 1.82) is 0 Å². The van der Waals surface area contributed by atoms with Crippen LogP contribution in [0.5, 0.6) is 0 Å². The van der Waals surface area contributed by atoms with Crippen LogP contribution in [-0.4, -0.2) is 34.0 Å². The maximum Gasteiger partial charge on any atom is 0.116 e. The Kier molecular flexibility index (Phi) is 72.2. The largest absolute Gasteiger partial charge is 0.336 e. The summed E-state index contributed by atoms with van der Waals surface area (Å²) in [6.07, 6.45) is 93.4. The average molecular weight is 1250 g/mol. The summed E-state index contributed by atoms with van der Waals surface area (Å²) in [4.78, 5) is 0. The molecule has 1 nitrogen and oxygen atoms in total. The Labute approximate surface area is 529 Å². The van der Waals surface area contributed by atoms with Crippen molar-refractivity contribution in [2.75, 3.05) is 29.6 Å². The van der Waals surface area contributed by atoms with Crippen molar-refractivity contribution in [3.63, 3.8) is 0 Å². The molecule has 80 heavy (non-hydrogen) atoms. The summed E-state index contributed by atoms with van der Waals surface area (Å²) in [5.74, 6) is 5.73. The van der Waals surface area contributed by atoms with E-state index in [2.05, 4.69) is 34.6 Å². The Bertz CT molecular complexity index is 1060. The van der Waals surface area contributed by atoms with Crippen LogP contribution in [0.25, 0.3) is 0 Å². The molecule has 0 aliphatic rings. The first-order valence-electron chi connectivity index (χ1n) is 38.1. The van der Waals surface area contributed by atoms with Gasteiger partial charge < -0.3 is 4.74 Å². The fraction of sp³-hybridized carbons (Fsp3) is 0.987. The van der Waals surface area contributed by atoms with Gasteiger partial charge in [0.2, 0.25) is 0 Å². The van der Waals surface area contributed by atoms with E-state index >= 15 is 0 Å². The van der Waals surface area contributed by atoms with Crippen molar-refractivity contribution in [2.24, 2.45) is 0 Å². The van der Waals surface area contributed by atoms with E-state index in [9.17, 15) is 0 Å². The molecular formula is C76H156MoOS2. The zero-order chi connectivity index (χ0) is 57.2. The van der Waals surface area contributed by atoms with Crippen LogP contribution >= 0.6 is 21.4 Å². The normalized spacial score (nSPS) is 12.3. The molecule has 0 N–H and O–H groups in total. The molecule has 0 bridgehead atoms. The van der Waals surface area contributed by atoms with E-state index in [1.54, 1.807) is 0 Å². The van der Waals surface area contributed by atoms with E-state index in [0.29, 0.717) is 0 Å². The van der Waals surface area contributed by atoms with Crippen molar-refractivity contribution < 1.29 is 25.8 Å². The third-order valence-electron chi connectivity index (χ3n) is 19.1. The van der Waals surface area contributed by atoms with Gasteiger partial charge in [0.25, 0.3) is 0 Å². The number of unbranched alkanes of at least 4 members (excludes halogenated alkanes) is 60. The first-order valence-corrected chi connectivity index (χ1v) is 41.3. The molecule has 0 aromatic carbocycles. The average Bonchev–Trinajstić information content (AvgIpc) is 3.45. The number of thiol groups is 1. The molecule has 0 heterocycles. The van der Waals surface area contributed by atoms with E-state index in [-0.39, 0.29) is 21.1 Å². The fourth-order valence-electron chi connectivity index (χ4n) is 13.4. The number of ether oxygens (including phenoxy) is 1. The minimum absolute atomic E-state index is 0. The summed E-state index contributed by atoms with van der Waals surface area (Å²) in [6, 6.07) is 0. The molecule has 0 aromatic rings. The fourth-order valence-corrected chi connectivity index (χ4v) is 20.8. The van der Waals surface area contributed by atoms with Crippen molar-refractivity contribution in [3.05, 3.63) is 0 Å². The van der Waals surface area contributed by atoms with Crippen molar-refractivity contribution >= 4 is 25.8 Å². The maximum atomic E-state index is 7.30. The van der Waals surface area contributed by atoms with E-state index in [0.717, 1.165) is 6.61 Å². The van der Waals surface area contributed by atoms with Gasteiger partial charge in [0.1, 0.15) is 4.38 Å². The molecule has 0 saturated heterocycles. The summed E-state index contributed by atoms with van der Waals surface area (Å²) in [7, 11) is -2.06. The van der Waals surface area contributed by atoms with Crippen molar-refractivity contribution in [1.82, 2.24) is 0 Å². The van der Waals surface area contributed by atoms with E-state index in [1.807, 2.05) is 0 Å². The van der Waals surface area contributed by atoms with Gasteiger partial charge in [-0.2, -0.15) is 0 Å². The zero-order valence-electron chi connectivity index (χ0n) is 56.7. The number of hydrogen-bond donors (Lipinski definition) is 1. The molecule has 0 atom stereocenters. The molecule has 484 valence electrons. The van der Waals surface area contributed by atoms with Crippen LogP contribution in [0.2, 0.25) is 0 Å². The molecular weight excluding hydrogens is 1090 g/mol. The van der Waals surface area contributed by atoms with Crippen LogP contribution < -0.4 is 0 Å². The molecule has 0 aliphatic carbocycles. The summed E-state index contributed by atoms with van der Waals surface area (Å²) in [6.45, 7) is 12.6. The molecule has 0 aliphatic heterocycles. The van der Waals surface area contributed by atoms with Gasteiger partial charge in [-0.3, -0.25) is 0 Å². The first-order chi connectivity index (χ1) is 39.0. The molecule has 0 radical (unpaired) electrons. The minimum atomic E-state index is -2.06. The summed E-state index contributed by atoms with van der Waals surface area (Å²) < 4.78 is 8.62. The molecule has 4 heteroatoms. The molecule has 0 amide bonds. The topological polar surface area (TPSA) is 9.23 Å². The summed E-state index contributed by atoms with van der Waals surface area (Å²) in [5.41, 5.74) is 0. The molecule has 0 spiro atoms. The Morgan fingerprint density at radius 2 is 0.325 bits per heavy atom. The second-order valence-corrected chi connectivity index (χ2v) is 33.3. The van der Waals surface area contributed by atoms with Crippen LogP contribution in [-0.2, 0) is 25.8 Å². The van der Waals surface area contributed by atoms with Gasteiger partial charge in [-0.05, 0) is 55.1 Å². The summed E-state index contributed by atoms with van der Waals surface area (Å²) in [5, 5.41) is 0. The maximum absolute atomic E-state index is 7.30. The van der Waals surface area contributed by atoms with Gasteiger partial charge in [0.05, 0.1) is 6.61 Å². The molecule has 0 unspecified atom stereocenters.